The molecule has 0 radical (unpaired) electrons. The molecule has 1 aromatic rings. The van der Waals surface area contributed by atoms with Gasteiger partial charge in [-0.05, 0) is 31.0 Å². The molecule has 0 aromatic heterocycles. The molecular formula is C14H19Cl2N. The van der Waals surface area contributed by atoms with Crippen molar-refractivity contribution in [3.8, 4) is 0 Å². The van der Waals surface area contributed by atoms with Gasteiger partial charge in [0.2, 0.25) is 0 Å². The molecule has 0 aliphatic heterocycles. The standard InChI is InChI=1S/C14H19Cl2N/c1-17-13(9-10-5-2-3-6-10)11-7-4-8-12(15)14(11)16/h4,7-8,10,13,17H,2-3,5-6,9H2,1H3. The van der Waals surface area contributed by atoms with Gasteiger partial charge in [-0.1, -0.05) is 61.0 Å². The molecule has 1 aromatic carbocycles. The first-order valence-electron chi connectivity index (χ1n) is 6.33. The highest BCUT2D eigenvalue weighted by atomic mass is 35.5. The lowest BCUT2D eigenvalue weighted by atomic mass is 9.93. The Morgan fingerprint density at radius 3 is 2.65 bits per heavy atom. The maximum Gasteiger partial charge on any atom is 0.0640 e. The maximum atomic E-state index is 6.28. The van der Waals surface area contributed by atoms with Crippen LogP contribution in [0.5, 0.6) is 0 Å². The van der Waals surface area contributed by atoms with Crippen LogP contribution in [0.3, 0.4) is 0 Å². The summed E-state index contributed by atoms with van der Waals surface area (Å²) in [6, 6.07) is 6.21. The fraction of sp³-hybridized carbons (Fsp3) is 0.571. The number of benzene rings is 1. The lowest BCUT2D eigenvalue weighted by Crippen LogP contribution is -2.19. The van der Waals surface area contributed by atoms with E-state index in [9.17, 15) is 0 Å². The third-order valence-electron chi connectivity index (χ3n) is 3.75. The molecule has 94 valence electrons. The summed E-state index contributed by atoms with van der Waals surface area (Å²) in [7, 11) is 2.00. The average Bonchev–Trinajstić information content (AvgIpc) is 2.83. The fourth-order valence-corrected chi connectivity index (χ4v) is 3.21. The van der Waals surface area contributed by atoms with E-state index in [1.165, 1.54) is 25.7 Å². The second-order valence-corrected chi connectivity index (χ2v) is 5.66. The van der Waals surface area contributed by atoms with Gasteiger partial charge in [-0.25, -0.2) is 0 Å². The number of nitrogens with one attached hydrogen (secondary N) is 1. The summed E-state index contributed by atoms with van der Waals surface area (Å²) in [5.41, 5.74) is 1.13. The monoisotopic (exact) mass is 271 g/mol. The van der Waals surface area contributed by atoms with Crippen LogP contribution in [0, 0.1) is 5.92 Å². The molecule has 1 aliphatic carbocycles. The van der Waals surface area contributed by atoms with Crippen molar-refractivity contribution in [2.75, 3.05) is 7.05 Å². The van der Waals surface area contributed by atoms with Gasteiger partial charge in [0.05, 0.1) is 10.0 Å². The van der Waals surface area contributed by atoms with E-state index in [0.717, 1.165) is 17.9 Å². The molecule has 3 heteroatoms. The molecule has 1 nitrogen and oxygen atoms in total. The van der Waals surface area contributed by atoms with E-state index < -0.39 is 0 Å². The lowest BCUT2D eigenvalue weighted by molar-refractivity contribution is 0.413. The Kier molecular flexibility index (Phi) is 4.72. The zero-order chi connectivity index (χ0) is 12.3. The van der Waals surface area contributed by atoms with Gasteiger partial charge in [0.25, 0.3) is 0 Å². The van der Waals surface area contributed by atoms with Gasteiger partial charge in [-0.15, -0.1) is 0 Å². The van der Waals surface area contributed by atoms with Crippen LogP contribution in [-0.4, -0.2) is 7.05 Å². The summed E-state index contributed by atoms with van der Waals surface area (Å²) in [5, 5.41) is 4.72. The van der Waals surface area contributed by atoms with E-state index in [-0.39, 0.29) is 0 Å². The first-order chi connectivity index (χ1) is 8.22. The normalized spacial score (nSPS) is 18.5. The summed E-state index contributed by atoms with van der Waals surface area (Å²) in [6.07, 6.45) is 6.64. The van der Waals surface area contributed by atoms with Gasteiger partial charge in [-0.2, -0.15) is 0 Å². The van der Waals surface area contributed by atoms with Crippen LogP contribution >= 0.6 is 23.2 Å². The maximum absolute atomic E-state index is 6.28. The minimum Gasteiger partial charge on any atom is -0.313 e. The van der Waals surface area contributed by atoms with E-state index in [1.807, 2.05) is 19.2 Å². The third kappa shape index (κ3) is 3.15. The van der Waals surface area contributed by atoms with E-state index in [1.54, 1.807) is 0 Å². The van der Waals surface area contributed by atoms with E-state index >= 15 is 0 Å². The molecular weight excluding hydrogens is 253 g/mol. The van der Waals surface area contributed by atoms with Crippen LogP contribution in [0.2, 0.25) is 10.0 Å². The molecule has 1 saturated carbocycles. The van der Waals surface area contributed by atoms with Crippen molar-refractivity contribution in [1.29, 1.82) is 0 Å². The van der Waals surface area contributed by atoms with Gasteiger partial charge in [0.15, 0.2) is 0 Å². The van der Waals surface area contributed by atoms with Gasteiger partial charge >= 0.3 is 0 Å². The molecule has 1 atom stereocenters. The quantitative estimate of drug-likeness (QED) is 0.827. The van der Waals surface area contributed by atoms with Gasteiger partial charge in [-0.3, -0.25) is 0 Å². The van der Waals surface area contributed by atoms with Crippen molar-refractivity contribution in [2.45, 2.75) is 38.1 Å². The Morgan fingerprint density at radius 2 is 2.00 bits per heavy atom. The predicted molar refractivity (Wildman–Crippen MR) is 74.8 cm³/mol. The number of rotatable bonds is 4. The van der Waals surface area contributed by atoms with Crippen molar-refractivity contribution in [2.24, 2.45) is 5.92 Å². The van der Waals surface area contributed by atoms with Crippen molar-refractivity contribution in [3.63, 3.8) is 0 Å². The highest BCUT2D eigenvalue weighted by Crippen LogP contribution is 2.36. The molecule has 1 unspecified atom stereocenters. The van der Waals surface area contributed by atoms with E-state index in [4.69, 9.17) is 23.2 Å². The molecule has 17 heavy (non-hydrogen) atoms. The van der Waals surface area contributed by atoms with Crippen LogP contribution in [0.25, 0.3) is 0 Å². The topological polar surface area (TPSA) is 12.0 Å². The molecule has 1 aliphatic rings. The SMILES string of the molecule is CNC(CC1CCCC1)c1cccc(Cl)c1Cl. The Labute approximate surface area is 114 Å². The number of hydrogen-bond donors (Lipinski definition) is 1. The first-order valence-corrected chi connectivity index (χ1v) is 7.09. The fourth-order valence-electron chi connectivity index (χ4n) is 2.77. The molecule has 0 bridgehead atoms. The van der Waals surface area contributed by atoms with Crippen molar-refractivity contribution in [1.82, 2.24) is 5.32 Å². The Morgan fingerprint density at radius 1 is 1.29 bits per heavy atom. The van der Waals surface area contributed by atoms with Crippen LogP contribution in [0.15, 0.2) is 18.2 Å². The Hall–Kier alpha value is -0.240. The lowest BCUT2D eigenvalue weighted by Gasteiger charge is -2.21. The van der Waals surface area contributed by atoms with Crippen LogP contribution in [0.4, 0.5) is 0 Å². The summed E-state index contributed by atoms with van der Waals surface area (Å²) in [4.78, 5) is 0. The van der Waals surface area contributed by atoms with Crippen molar-refractivity contribution in [3.05, 3.63) is 33.8 Å². The molecule has 0 saturated heterocycles. The second kappa shape index (κ2) is 6.08. The van der Waals surface area contributed by atoms with Crippen LogP contribution < -0.4 is 5.32 Å². The molecule has 1 fully saturated rings. The van der Waals surface area contributed by atoms with Crippen molar-refractivity contribution >= 4 is 23.2 Å². The minimum absolute atomic E-state index is 0.323. The molecule has 2 rings (SSSR count). The third-order valence-corrected chi connectivity index (χ3v) is 4.58. The molecule has 0 heterocycles. The van der Waals surface area contributed by atoms with Gasteiger partial charge in [0.1, 0.15) is 0 Å². The predicted octanol–water partition coefficient (Wildman–Crippen LogP) is 4.83. The Balaban J connectivity index is 2.13. The first kappa shape index (κ1) is 13.2. The molecule has 1 N–H and O–H groups in total. The zero-order valence-electron chi connectivity index (χ0n) is 10.2. The average molecular weight is 272 g/mol. The smallest absolute Gasteiger partial charge is 0.0640 e. The van der Waals surface area contributed by atoms with E-state index in [0.29, 0.717) is 16.1 Å². The number of hydrogen-bond acceptors (Lipinski definition) is 1. The van der Waals surface area contributed by atoms with Crippen LogP contribution in [0.1, 0.15) is 43.7 Å². The zero-order valence-corrected chi connectivity index (χ0v) is 11.7. The highest BCUT2D eigenvalue weighted by molar-refractivity contribution is 6.42. The van der Waals surface area contributed by atoms with Gasteiger partial charge < -0.3 is 5.32 Å². The molecule has 0 spiro atoms. The molecule has 0 amide bonds. The number of halogens is 2. The van der Waals surface area contributed by atoms with Gasteiger partial charge in [0, 0.05) is 6.04 Å². The minimum atomic E-state index is 0.323. The van der Waals surface area contributed by atoms with Crippen molar-refractivity contribution < 1.29 is 0 Å². The van der Waals surface area contributed by atoms with E-state index in [2.05, 4.69) is 11.4 Å². The Bertz CT molecular complexity index is 372. The summed E-state index contributed by atoms with van der Waals surface area (Å²) in [6.45, 7) is 0. The second-order valence-electron chi connectivity index (χ2n) is 4.87. The summed E-state index contributed by atoms with van der Waals surface area (Å²) >= 11 is 12.4. The summed E-state index contributed by atoms with van der Waals surface area (Å²) < 4.78 is 0. The largest absolute Gasteiger partial charge is 0.313 e. The summed E-state index contributed by atoms with van der Waals surface area (Å²) in [5.74, 6) is 0.836. The van der Waals surface area contributed by atoms with Crippen LogP contribution in [-0.2, 0) is 0 Å². The highest BCUT2D eigenvalue weighted by Gasteiger charge is 2.22.